The van der Waals surface area contributed by atoms with Crippen LogP contribution in [0.15, 0.2) is 47.1 Å². The summed E-state index contributed by atoms with van der Waals surface area (Å²) in [7, 11) is 0. The summed E-state index contributed by atoms with van der Waals surface area (Å²) >= 11 is 0. The number of oxazole rings is 1. The van der Waals surface area contributed by atoms with E-state index < -0.39 is 42.3 Å². The van der Waals surface area contributed by atoms with E-state index in [0.29, 0.717) is 40.1 Å². The number of fused-ring (bicyclic) bond motifs is 1. The van der Waals surface area contributed by atoms with Crippen molar-refractivity contribution in [2.45, 2.75) is 84.8 Å². The zero-order valence-electron chi connectivity index (χ0n) is 26.7. The monoisotopic (exact) mass is 634 g/mol. The van der Waals surface area contributed by atoms with Crippen molar-refractivity contribution >= 4 is 35.2 Å². The predicted molar refractivity (Wildman–Crippen MR) is 167 cm³/mol. The van der Waals surface area contributed by atoms with Crippen molar-refractivity contribution in [3.8, 4) is 22.6 Å². The first-order valence-electron chi connectivity index (χ1n) is 15.0. The molecule has 1 aromatic carbocycles. The Morgan fingerprint density at radius 3 is 2.30 bits per heavy atom. The number of aliphatic hydroxyl groups excluding tert-OH is 1. The maximum atomic E-state index is 13.6. The number of benzene rings is 1. The molecule has 0 radical (unpaired) electrons. The van der Waals surface area contributed by atoms with Crippen molar-refractivity contribution in [3.63, 3.8) is 0 Å². The SMILES string of the molecule is CC(C)(C)OC(=O)N(C(=O)OC(C)(C)C)c1ncc(-c2cn(C3CCCCN3C(=O)O)nc2CO)cc1-c1nc2ccccc2o1. The largest absolute Gasteiger partial charge is 0.465 e. The number of para-hydroxylation sites is 2. The second-order valence-corrected chi connectivity index (χ2v) is 13.0. The molecule has 14 nitrogen and oxygen atoms in total. The molecule has 1 fully saturated rings. The molecule has 0 bridgehead atoms. The number of carboxylic acid groups (broad SMARTS) is 1. The number of nitrogens with zero attached hydrogens (tertiary/aromatic N) is 6. The number of imide groups is 1. The molecular formula is C32H38N6O8. The molecule has 1 aliphatic rings. The zero-order valence-corrected chi connectivity index (χ0v) is 26.7. The van der Waals surface area contributed by atoms with Gasteiger partial charge in [0.1, 0.15) is 22.9 Å². The van der Waals surface area contributed by atoms with E-state index in [9.17, 15) is 24.6 Å². The first kappa shape index (κ1) is 32.4. The number of hydrogen-bond donors (Lipinski definition) is 2. The summed E-state index contributed by atoms with van der Waals surface area (Å²) < 4.78 is 18.8. The van der Waals surface area contributed by atoms with Gasteiger partial charge in [-0.15, -0.1) is 0 Å². The van der Waals surface area contributed by atoms with Gasteiger partial charge in [0.2, 0.25) is 5.89 Å². The van der Waals surface area contributed by atoms with Crippen molar-refractivity contribution in [1.82, 2.24) is 24.6 Å². The van der Waals surface area contributed by atoms with Gasteiger partial charge in [0.15, 0.2) is 11.4 Å². The lowest BCUT2D eigenvalue weighted by Gasteiger charge is -2.33. The van der Waals surface area contributed by atoms with Gasteiger partial charge in [-0.25, -0.2) is 29.0 Å². The lowest BCUT2D eigenvalue weighted by Crippen LogP contribution is -2.44. The number of pyridine rings is 1. The Balaban J connectivity index is 1.68. The Morgan fingerprint density at radius 1 is 1.02 bits per heavy atom. The van der Waals surface area contributed by atoms with E-state index in [0.717, 1.165) is 12.8 Å². The van der Waals surface area contributed by atoms with E-state index in [1.165, 1.54) is 15.8 Å². The summed E-state index contributed by atoms with van der Waals surface area (Å²) in [6.45, 7) is 9.94. The molecule has 3 aromatic heterocycles. The number of likely N-dealkylation sites (tertiary alicyclic amines) is 1. The van der Waals surface area contributed by atoms with Crippen molar-refractivity contribution in [2.75, 3.05) is 11.4 Å². The molecule has 1 aliphatic heterocycles. The summed E-state index contributed by atoms with van der Waals surface area (Å²) in [5, 5.41) is 24.6. The van der Waals surface area contributed by atoms with Crippen molar-refractivity contribution in [2.24, 2.45) is 0 Å². The number of aliphatic hydroxyl groups is 1. The van der Waals surface area contributed by atoms with Crippen LogP contribution in [0.4, 0.5) is 20.2 Å². The van der Waals surface area contributed by atoms with Gasteiger partial charge >= 0.3 is 18.3 Å². The van der Waals surface area contributed by atoms with Crippen LogP contribution in [0.3, 0.4) is 0 Å². The molecule has 14 heteroatoms. The number of aromatic nitrogens is 4. The molecular weight excluding hydrogens is 596 g/mol. The number of hydrogen-bond acceptors (Lipinski definition) is 10. The molecule has 244 valence electrons. The van der Waals surface area contributed by atoms with Crippen molar-refractivity contribution in [3.05, 3.63) is 48.4 Å². The number of carbonyl (C=O) groups excluding carboxylic acids is 2. The summed E-state index contributed by atoms with van der Waals surface area (Å²) in [5.74, 6) is -0.0916. The average molecular weight is 635 g/mol. The number of anilines is 1. The summed E-state index contributed by atoms with van der Waals surface area (Å²) in [6, 6.07) is 8.68. The van der Waals surface area contributed by atoms with Gasteiger partial charge in [0.25, 0.3) is 0 Å². The third kappa shape index (κ3) is 6.96. The van der Waals surface area contributed by atoms with Crippen LogP contribution in [0.1, 0.15) is 72.7 Å². The highest BCUT2D eigenvalue weighted by atomic mass is 16.6. The molecule has 1 atom stereocenters. The van der Waals surface area contributed by atoms with Gasteiger partial charge in [-0.1, -0.05) is 12.1 Å². The third-order valence-electron chi connectivity index (χ3n) is 7.05. The molecule has 0 aliphatic carbocycles. The fraction of sp³-hybridized carbons (Fsp3) is 0.438. The zero-order chi connectivity index (χ0) is 33.4. The van der Waals surface area contributed by atoms with Crippen molar-refractivity contribution < 1.29 is 38.5 Å². The van der Waals surface area contributed by atoms with Gasteiger partial charge in [-0.2, -0.15) is 10.00 Å². The minimum Gasteiger partial charge on any atom is -0.465 e. The maximum Gasteiger partial charge on any atom is 0.425 e. The van der Waals surface area contributed by atoms with E-state index in [1.54, 1.807) is 78.1 Å². The fourth-order valence-corrected chi connectivity index (χ4v) is 5.14. The summed E-state index contributed by atoms with van der Waals surface area (Å²) in [4.78, 5) is 50.3. The van der Waals surface area contributed by atoms with E-state index in [2.05, 4.69) is 15.1 Å². The maximum absolute atomic E-state index is 13.6. The Kier molecular flexibility index (Phi) is 8.76. The Labute approximate surface area is 265 Å². The van der Waals surface area contributed by atoms with Crippen LogP contribution in [0.2, 0.25) is 0 Å². The second-order valence-electron chi connectivity index (χ2n) is 13.0. The van der Waals surface area contributed by atoms with Gasteiger partial charge < -0.3 is 24.1 Å². The lowest BCUT2D eigenvalue weighted by atomic mass is 10.1. The Hall–Kier alpha value is -4.98. The van der Waals surface area contributed by atoms with Crippen LogP contribution in [0, 0.1) is 0 Å². The van der Waals surface area contributed by atoms with E-state index in [-0.39, 0.29) is 23.0 Å². The normalized spacial score (nSPS) is 15.5. The van der Waals surface area contributed by atoms with Gasteiger partial charge in [-0.05, 0) is 79.0 Å². The quantitative estimate of drug-likeness (QED) is 0.243. The average Bonchev–Trinajstić information content (AvgIpc) is 3.60. The van der Waals surface area contributed by atoms with Crippen molar-refractivity contribution in [1.29, 1.82) is 0 Å². The summed E-state index contributed by atoms with van der Waals surface area (Å²) in [5.41, 5.74) is 0.440. The van der Waals surface area contributed by atoms with Gasteiger partial charge in [-0.3, -0.25) is 4.90 Å². The van der Waals surface area contributed by atoms with E-state index >= 15 is 0 Å². The number of piperidine rings is 1. The highest BCUT2D eigenvalue weighted by Crippen LogP contribution is 2.37. The first-order chi connectivity index (χ1) is 21.6. The van der Waals surface area contributed by atoms with E-state index in [4.69, 9.17) is 13.9 Å². The van der Waals surface area contributed by atoms with Crippen LogP contribution in [-0.2, 0) is 16.1 Å². The molecule has 2 N–H and O–H groups in total. The highest BCUT2D eigenvalue weighted by molar-refractivity contribution is 6.11. The lowest BCUT2D eigenvalue weighted by molar-refractivity contribution is 0.0428. The first-order valence-corrected chi connectivity index (χ1v) is 15.0. The Morgan fingerprint density at radius 2 is 1.70 bits per heavy atom. The van der Waals surface area contributed by atoms with Gasteiger partial charge in [0, 0.05) is 30.1 Å². The molecule has 1 saturated heterocycles. The minimum atomic E-state index is -1.05. The molecule has 46 heavy (non-hydrogen) atoms. The molecule has 4 aromatic rings. The van der Waals surface area contributed by atoms with Crippen LogP contribution in [-0.4, -0.2) is 70.9 Å². The number of carbonyl (C=O) groups is 3. The third-order valence-corrected chi connectivity index (χ3v) is 7.05. The molecule has 1 unspecified atom stereocenters. The molecule has 0 saturated carbocycles. The topological polar surface area (TPSA) is 173 Å². The predicted octanol–water partition coefficient (Wildman–Crippen LogP) is 6.58. The minimum absolute atomic E-state index is 0.0601. The van der Waals surface area contributed by atoms with Gasteiger partial charge in [0.05, 0.1) is 17.9 Å². The van der Waals surface area contributed by atoms with Crippen LogP contribution in [0.5, 0.6) is 0 Å². The molecule has 0 spiro atoms. The number of ether oxygens (including phenoxy) is 2. The van der Waals surface area contributed by atoms with Crippen LogP contribution >= 0.6 is 0 Å². The highest BCUT2D eigenvalue weighted by Gasteiger charge is 2.37. The second kappa shape index (κ2) is 12.4. The molecule has 3 amide bonds. The van der Waals surface area contributed by atoms with Crippen LogP contribution in [0.25, 0.3) is 33.7 Å². The Bertz CT molecular complexity index is 1710. The molecule has 5 rings (SSSR count). The number of rotatable bonds is 5. The fourth-order valence-electron chi connectivity index (χ4n) is 5.14. The smallest absolute Gasteiger partial charge is 0.425 e. The molecule has 4 heterocycles. The standard InChI is InChI=1S/C32H38N6O8/c1-31(2,3)45-29(42)38(30(43)46-32(4,5)6)26-20(27-34-22-11-7-8-12-24(22)44-27)15-19(16-33-26)21-17-37(35-23(21)18-39)25-13-9-10-14-36(25)28(40)41/h7-8,11-12,15-17,25,39H,9-10,13-14,18H2,1-6H3,(H,40,41). The van der Waals surface area contributed by atoms with Crippen LogP contribution < -0.4 is 4.90 Å². The summed E-state index contributed by atoms with van der Waals surface area (Å²) in [6.07, 6.45) is 1.55. The van der Waals surface area contributed by atoms with E-state index in [1.807, 2.05) is 0 Å². The number of amides is 3.